The number of benzene rings is 1. The standard InChI is InChI=1S/C14H19N6OP/c1-21-11-7-10(8(15)6-9(11)16)18-12-13(17)19-4-2-3-5-20(19)14(12)22/h6-7,17,22H,2-5,15-16H2,1H3. The second kappa shape index (κ2) is 5.59. The Morgan fingerprint density at radius 3 is 2.50 bits per heavy atom. The van der Waals surface area contributed by atoms with Crippen molar-refractivity contribution in [1.82, 2.24) is 10.0 Å². The molecular formula is C14H19N6OP. The lowest BCUT2D eigenvalue weighted by Gasteiger charge is -2.32. The lowest BCUT2D eigenvalue weighted by molar-refractivity contribution is 0.109. The van der Waals surface area contributed by atoms with Gasteiger partial charge < -0.3 is 16.2 Å². The number of hydrazine groups is 1. The van der Waals surface area contributed by atoms with Crippen LogP contribution in [0.2, 0.25) is 0 Å². The Labute approximate surface area is 131 Å². The number of anilines is 2. The van der Waals surface area contributed by atoms with Crippen LogP contribution in [0.4, 0.5) is 17.1 Å². The normalized spacial score (nSPS) is 20.6. The van der Waals surface area contributed by atoms with E-state index in [0.717, 1.165) is 31.3 Å². The molecular weight excluding hydrogens is 299 g/mol. The zero-order valence-corrected chi connectivity index (χ0v) is 13.4. The van der Waals surface area contributed by atoms with Crippen molar-refractivity contribution in [3.63, 3.8) is 0 Å². The molecule has 2 saturated heterocycles. The van der Waals surface area contributed by atoms with Crippen molar-refractivity contribution in [3.8, 4) is 5.75 Å². The third kappa shape index (κ3) is 2.32. The van der Waals surface area contributed by atoms with Crippen LogP contribution >= 0.6 is 8.86 Å². The SMILES string of the molecule is COc1cc(N=C2C(=N)N3CCCCN3C2=P)c(N)cc1N. The average Bonchev–Trinajstić information content (AvgIpc) is 2.75. The first-order valence-corrected chi connectivity index (χ1v) is 7.57. The number of hydrogen-bond acceptors (Lipinski definition) is 5. The van der Waals surface area contributed by atoms with Crippen molar-refractivity contribution >= 4 is 42.9 Å². The van der Waals surface area contributed by atoms with Gasteiger partial charge in [-0.2, -0.15) is 5.01 Å². The second-order valence-electron chi connectivity index (χ2n) is 5.26. The van der Waals surface area contributed by atoms with Gasteiger partial charge in [0.25, 0.3) is 0 Å². The van der Waals surface area contributed by atoms with Crippen LogP contribution in [0.1, 0.15) is 12.8 Å². The van der Waals surface area contributed by atoms with Gasteiger partial charge in [0.2, 0.25) is 0 Å². The first kappa shape index (κ1) is 14.8. The first-order chi connectivity index (χ1) is 10.5. The molecule has 2 heterocycles. The van der Waals surface area contributed by atoms with Crippen LogP contribution in [0, 0.1) is 5.41 Å². The number of ether oxygens (including phenoxy) is 1. The van der Waals surface area contributed by atoms with Gasteiger partial charge in [-0.3, -0.25) is 10.4 Å². The smallest absolute Gasteiger partial charge is 0.164 e. The van der Waals surface area contributed by atoms with Crippen molar-refractivity contribution in [2.45, 2.75) is 12.8 Å². The van der Waals surface area contributed by atoms with Crippen molar-refractivity contribution in [3.05, 3.63) is 12.1 Å². The second-order valence-corrected chi connectivity index (χ2v) is 5.74. The fourth-order valence-electron chi connectivity index (χ4n) is 2.69. The van der Waals surface area contributed by atoms with Crippen molar-refractivity contribution in [1.29, 1.82) is 5.41 Å². The summed E-state index contributed by atoms with van der Waals surface area (Å²) in [5, 5.41) is 12.3. The quantitative estimate of drug-likeness (QED) is 0.566. The van der Waals surface area contributed by atoms with E-state index in [0.29, 0.717) is 34.4 Å². The maximum atomic E-state index is 8.33. The Kier molecular flexibility index (Phi) is 3.76. The zero-order chi connectivity index (χ0) is 15.9. The lowest BCUT2D eigenvalue weighted by Crippen LogP contribution is -2.44. The summed E-state index contributed by atoms with van der Waals surface area (Å²) in [6.45, 7) is 1.70. The van der Waals surface area contributed by atoms with Crippen molar-refractivity contribution < 1.29 is 4.74 Å². The highest BCUT2D eigenvalue weighted by Gasteiger charge is 2.37. The maximum Gasteiger partial charge on any atom is 0.164 e. The molecule has 0 saturated carbocycles. The lowest BCUT2D eigenvalue weighted by atomic mass is 10.2. The molecule has 0 aliphatic carbocycles. The number of amidine groups is 1. The van der Waals surface area contributed by atoms with Crippen LogP contribution in [-0.4, -0.2) is 47.2 Å². The van der Waals surface area contributed by atoms with Crippen LogP contribution in [0.25, 0.3) is 0 Å². The predicted octanol–water partition coefficient (Wildman–Crippen LogP) is 1.51. The monoisotopic (exact) mass is 318 g/mol. The minimum Gasteiger partial charge on any atom is -0.495 e. The summed E-state index contributed by atoms with van der Waals surface area (Å²) >= 11 is 0. The van der Waals surface area contributed by atoms with Crippen LogP contribution in [0.3, 0.4) is 0 Å². The highest BCUT2D eigenvalue weighted by atomic mass is 31.0. The number of rotatable bonds is 2. The van der Waals surface area contributed by atoms with Crippen molar-refractivity contribution in [2.75, 3.05) is 31.7 Å². The molecule has 0 amide bonds. The molecule has 1 aromatic carbocycles. The molecule has 0 spiro atoms. The van der Waals surface area contributed by atoms with E-state index in [4.69, 9.17) is 21.6 Å². The van der Waals surface area contributed by atoms with E-state index in [1.807, 2.05) is 10.0 Å². The van der Waals surface area contributed by atoms with Gasteiger partial charge in [0.15, 0.2) is 5.84 Å². The molecule has 0 unspecified atom stereocenters. The molecule has 0 aromatic heterocycles. The zero-order valence-electron chi connectivity index (χ0n) is 12.4. The molecule has 116 valence electrons. The Morgan fingerprint density at radius 1 is 1.18 bits per heavy atom. The summed E-state index contributed by atoms with van der Waals surface area (Å²) in [6, 6.07) is 3.31. The summed E-state index contributed by atoms with van der Waals surface area (Å²) < 4.78 is 5.21. The molecule has 0 bridgehead atoms. The fraction of sp³-hybridized carbons (Fsp3) is 0.357. The maximum absolute atomic E-state index is 8.33. The summed E-state index contributed by atoms with van der Waals surface area (Å²) in [7, 11) is 5.16. The highest BCUT2D eigenvalue weighted by Crippen LogP contribution is 2.34. The molecule has 2 aliphatic heterocycles. The average molecular weight is 318 g/mol. The van der Waals surface area contributed by atoms with Crippen LogP contribution < -0.4 is 16.2 Å². The molecule has 0 atom stereocenters. The van der Waals surface area contributed by atoms with Gasteiger partial charge >= 0.3 is 0 Å². The summed E-state index contributed by atoms with van der Waals surface area (Å²) in [4.78, 5) is 4.56. The van der Waals surface area contributed by atoms with Gasteiger partial charge in [0.1, 0.15) is 11.5 Å². The van der Waals surface area contributed by atoms with E-state index in [1.165, 1.54) is 0 Å². The number of nitrogens with two attached hydrogens (primary N) is 2. The van der Waals surface area contributed by atoms with E-state index in [-0.39, 0.29) is 0 Å². The number of aliphatic imine (C=N–C) groups is 1. The van der Waals surface area contributed by atoms with E-state index in [1.54, 1.807) is 19.2 Å². The number of methoxy groups -OCH3 is 1. The minimum absolute atomic E-state index is 0.375. The van der Waals surface area contributed by atoms with E-state index in [2.05, 4.69) is 13.9 Å². The molecule has 7 nitrogen and oxygen atoms in total. The Bertz CT molecular complexity index is 660. The molecule has 22 heavy (non-hydrogen) atoms. The van der Waals surface area contributed by atoms with E-state index >= 15 is 0 Å². The number of fused-ring (bicyclic) bond motifs is 1. The predicted molar refractivity (Wildman–Crippen MR) is 92.6 cm³/mol. The molecule has 1 aromatic rings. The number of nitrogen functional groups attached to an aromatic ring is 2. The third-order valence-corrected chi connectivity index (χ3v) is 4.35. The molecule has 0 radical (unpaired) electrons. The molecule has 2 aliphatic rings. The highest BCUT2D eigenvalue weighted by molar-refractivity contribution is 7.27. The summed E-state index contributed by atoms with van der Waals surface area (Å²) in [6.07, 6.45) is 2.17. The largest absolute Gasteiger partial charge is 0.495 e. The minimum atomic E-state index is 0.375. The van der Waals surface area contributed by atoms with Crippen LogP contribution in [-0.2, 0) is 0 Å². The molecule has 8 heteroatoms. The van der Waals surface area contributed by atoms with E-state index in [9.17, 15) is 0 Å². The summed E-state index contributed by atoms with van der Waals surface area (Å²) in [5.41, 5.74) is 14.7. The topological polar surface area (TPSA) is 104 Å². The Hall–Kier alpha value is -2.11. The molecule has 2 fully saturated rings. The summed E-state index contributed by atoms with van der Waals surface area (Å²) in [5.74, 6) is 0.895. The van der Waals surface area contributed by atoms with Gasteiger partial charge in [-0.05, 0) is 18.9 Å². The first-order valence-electron chi connectivity index (χ1n) is 7.07. The van der Waals surface area contributed by atoms with Gasteiger partial charge in [-0.15, -0.1) is 0 Å². The van der Waals surface area contributed by atoms with Gasteiger partial charge in [-0.25, -0.2) is 4.99 Å². The van der Waals surface area contributed by atoms with Gasteiger partial charge in [-0.1, -0.05) is 8.86 Å². The van der Waals surface area contributed by atoms with Crippen LogP contribution in [0.5, 0.6) is 5.75 Å². The van der Waals surface area contributed by atoms with Crippen LogP contribution in [0.15, 0.2) is 17.1 Å². The van der Waals surface area contributed by atoms with Crippen molar-refractivity contribution in [2.24, 2.45) is 4.99 Å². The van der Waals surface area contributed by atoms with Gasteiger partial charge in [0.05, 0.1) is 29.6 Å². The third-order valence-electron chi connectivity index (χ3n) is 3.86. The van der Waals surface area contributed by atoms with Gasteiger partial charge in [0, 0.05) is 19.2 Å². The Balaban J connectivity index is 2.01. The molecule has 3 rings (SSSR count). The fourth-order valence-corrected chi connectivity index (χ4v) is 3.10. The number of nitrogens with zero attached hydrogens (tertiary/aromatic N) is 3. The molecule has 5 N–H and O–H groups in total. The Morgan fingerprint density at radius 2 is 1.86 bits per heavy atom. The van der Waals surface area contributed by atoms with E-state index < -0.39 is 0 Å². The number of nitrogens with one attached hydrogen (secondary N) is 1. The number of hydrogen-bond donors (Lipinski definition) is 3.